The lowest BCUT2D eigenvalue weighted by Crippen LogP contribution is -2.39. The number of rotatable bonds is 2. The number of amides is 1. The normalized spacial score (nSPS) is 23.7. The maximum absolute atomic E-state index is 12.1. The third kappa shape index (κ3) is 2.89. The Morgan fingerprint density at radius 3 is 2.59 bits per heavy atom. The summed E-state index contributed by atoms with van der Waals surface area (Å²) in [5.41, 5.74) is 0.790. The SMILES string of the molecule is CC1CCNC1C(=O)Nc1c(Br)cccc1Br. The molecule has 1 saturated heterocycles. The first kappa shape index (κ1) is 13.1. The van der Waals surface area contributed by atoms with E-state index in [-0.39, 0.29) is 11.9 Å². The number of carbonyl (C=O) groups is 1. The molecule has 1 aliphatic heterocycles. The van der Waals surface area contributed by atoms with Crippen LogP contribution in [0.3, 0.4) is 0 Å². The second-order valence-corrected chi connectivity index (χ2v) is 5.99. The number of halogens is 2. The second kappa shape index (κ2) is 5.50. The highest BCUT2D eigenvalue weighted by Crippen LogP contribution is 2.31. The Morgan fingerprint density at radius 2 is 2.06 bits per heavy atom. The highest BCUT2D eigenvalue weighted by Gasteiger charge is 2.29. The van der Waals surface area contributed by atoms with Crippen molar-refractivity contribution in [2.45, 2.75) is 19.4 Å². The van der Waals surface area contributed by atoms with Crippen LogP contribution in [-0.4, -0.2) is 18.5 Å². The molecule has 1 fully saturated rings. The summed E-state index contributed by atoms with van der Waals surface area (Å²) in [6.45, 7) is 3.01. The van der Waals surface area contributed by atoms with Crippen LogP contribution in [0.2, 0.25) is 0 Å². The summed E-state index contributed by atoms with van der Waals surface area (Å²) in [7, 11) is 0. The molecule has 0 bridgehead atoms. The smallest absolute Gasteiger partial charge is 0.241 e. The van der Waals surface area contributed by atoms with Gasteiger partial charge in [0.25, 0.3) is 0 Å². The van der Waals surface area contributed by atoms with Crippen LogP contribution in [0.4, 0.5) is 5.69 Å². The van der Waals surface area contributed by atoms with Crippen molar-refractivity contribution < 1.29 is 4.79 Å². The number of anilines is 1. The molecule has 92 valence electrons. The molecule has 2 N–H and O–H groups in total. The van der Waals surface area contributed by atoms with Crippen molar-refractivity contribution in [3.63, 3.8) is 0 Å². The van der Waals surface area contributed by atoms with Crippen LogP contribution < -0.4 is 10.6 Å². The minimum Gasteiger partial charge on any atom is -0.323 e. The largest absolute Gasteiger partial charge is 0.323 e. The van der Waals surface area contributed by atoms with Gasteiger partial charge in [0.1, 0.15) is 0 Å². The Hall–Kier alpha value is -0.390. The Labute approximate surface area is 118 Å². The van der Waals surface area contributed by atoms with E-state index in [9.17, 15) is 4.79 Å². The second-order valence-electron chi connectivity index (χ2n) is 4.28. The summed E-state index contributed by atoms with van der Waals surface area (Å²) in [6.07, 6.45) is 1.05. The zero-order valence-electron chi connectivity index (χ0n) is 9.47. The molecule has 17 heavy (non-hydrogen) atoms. The lowest BCUT2D eigenvalue weighted by molar-refractivity contribution is -0.118. The van der Waals surface area contributed by atoms with Gasteiger partial charge in [-0.05, 0) is 62.9 Å². The van der Waals surface area contributed by atoms with Gasteiger partial charge < -0.3 is 10.6 Å². The van der Waals surface area contributed by atoms with Crippen molar-refractivity contribution >= 4 is 43.5 Å². The molecule has 1 heterocycles. The van der Waals surface area contributed by atoms with Crippen molar-refractivity contribution in [3.8, 4) is 0 Å². The molecule has 2 rings (SSSR count). The zero-order chi connectivity index (χ0) is 12.4. The predicted molar refractivity (Wildman–Crippen MR) is 76.0 cm³/mol. The average molecular weight is 362 g/mol. The van der Waals surface area contributed by atoms with Crippen molar-refractivity contribution in [2.24, 2.45) is 5.92 Å². The van der Waals surface area contributed by atoms with Crippen LogP contribution in [0.15, 0.2) is 27.1 Å². The third-order valence-electron chi connectivity index (χ3n) is 3.03. The molecule has 3 nitrogen and oxygen atoms in total. The molecule has 0 radical (unpaired) electrons. The van der Waals surface area contributed by atoms with E-state index in [0.29, 0.717) is 5.92 Å². The minimum atomic E-state index is -0.0889. The highest BCUT2D eigenvalue weighted by atomic mass is 79.9. The standard InChI is InChI=1S/C12H14Br2N2O/c1-7-5-6-15-10(7)12(17)16-11-8(13)3-2-4-9(11)14/h2-4,7,10,15H,5-6H2,1H3,(H,16,17). The van der Waals surface area contributed by atoms with E-state index < -0.39 is 0 Å². The van der Waals surface area contributed by atoms with Crippen LogP contribution in [0.25, 0.3) is 0 Å². The molecule has 0 spiro atoms. The van der Waals surface area contributed by atoms with Gasteiger partial charge in [-0.25, -0.2) is 0 Å². The number of hydrogen-bond donors (Lipinski definition) is 2. The Morgan fingerprint density at radius 1 is 1.41 bits per heavy atom. The quantitative estimate of drug-likeness (QED) is 0.849. The number of carbonyl (C=O) groups excluding carboxylic acids is 1. The van der Waals surface area contributed by atoms with Gasteiger partial charge in [0, 0.05) is 8.95 Å². The van der Waals surface area contributed by atoms with E-state index in [2.05, 4.69) is 49.4 Å². The summed E-state index contributed by atoms with van der Waals surface area (Å²) < 4.78 is 1.76. The first-order chi connectivity index (χ1) is 8.09. The minimum absolute atomic E-state index is 0.0302. The molecule has 1 aromatic rings. The molecule has 0 aliphatic carbocycles. The van der Waals surface area contributed by atoms with Crippen LogP contribution in [0.1, 0.15) is 13.3 Å². The van der Waals surface area contributed by atoms with E-state index >= 15 is 0 Å². The van der Waals surface area contributed by atoms with Gasteiger partial charge in [0.2, 0.25) is 5.91 Å². The van der Waals surface area contributed by atoms with Gasteiger partial charge in [-0.1, -0.05) is 13.0 Å². The molecule has 1 amide bonds. The topological polar surface area (TPSA) is 41.1 Å². The molecular weight excluding hydrogens is 348 g/mol. The molecular formula is C12H14Br2N2O. The first-order valence-corrected chi connectivity index (χ1v) is 7.16. The van der Waals surface area contributed by atoms with Gasteiger partial charge in [-0.15, -0.1) is 0 Å². The number of hydrogen-bond acceptors (Lipinski definition) is 2. The zero-order valence-corrected chi connectivity index (χ0v) is 12.6. The molecule has 0 saturated carbocycles. The van der Waals surface area contributed by atoms with Crippen LogP contribution in [0, 0.1) is 5.92 Å². The molecule has 5 heteroatoms. The maximum atomic E-state index is 12.1. The summed E-state index contributed by atoms with van der Waals surface area (Å²) >= 11 is 6.87. The molecule has 2 unspecified atom stereocenters. The lowest BCUT2D eigenvalue weighted by atomic mass is 10.0. The van der Waals surface area contributed by atoms with Gasteiger partial charge >= 0.3 is 0 Å². The van der Waals surface area contributed by atoms with E-state index in [1.807, 2.05) is 18.2 Å². The summed E-state index contributed by atoms with van der Waals surface area (Å²) in [5.74, 6) is 0.416. The number of nitrogens with one attached hydrogen (secondary N) is 2. The van der Waals surface area contributed by atoms with E-state index in [1.165, 1.54) is 0 Å². The van der Waals surface area contributed by atoms with Gasteiger partial charge in [0.15, 0.2) is 0 Å². The van der Waals surface area contributed by atoms with Gasteiger partial charge in [-0.2, -0.15) is 0 Å². The fourth-order valence-electron chi connectivity index (χ4n) is 2.00. The lowest BCUT2D eigenvalue weighted by Gasteiger charge is -2.17. The highest BCUT2D eigenvalue weighted by molar-refractivity contribution is 9.11. The van der Waals surface area contributed by atoms with Crippen molar-refractivity contribution in [2.75, 3.05) is 11.9 Å². The van der Waals surface area contributed by atoms with Crippen molar-refractivity contribution in [1.82, 2.24) is 5.32 Å². The monoisotopic (exact) mass is 360 g/mol. The first-order valence-electron chi connectivity index (χ1n) is 5.58. The fraction of sp³-hybridized carbons (Fsp3) is 0.417. The third-order valence-corrected chi connectivity index (χ3v) is 4.35. The van der Waals surface area contributed by atoms with E-state index in [4.69, 9.17) is 0 Å². The van der Waals surface area contributed by atoms with E-state index in [0.717, 1.165) is 27.6 Å². The number of benzene rings is 1. The van der Waals surface area contributed by atoms with Crippen molar-refractivity contribution in [3.05, 3.63) is 27.1 Å². The van der Waals surface area contributed by atoms with Crippen molar-refractivity contribution in [1.29, 1.82) is 0 Å². The fourth-order valence-corrected chi connectivity index (χ4v) is 3.20. The van der Waals surface area contributed by atoms with Crippen LogP contribution in [-0.2, 0) is 4.79 Å². The number of para-hydroxylation sites is 1. The van der Waals surface area contributed by atoms with E-state index in [1.54, 1.807) is 0 Å². The van der Waals surface area contributed by atoms with Gasteiger partial charge in [-0.3, -0.25) is 4.79 Å². The Kier molecular flexibility index (Phi) is 4.22. The molecule has 2 atom stereocenters. The van der Waals surface area contributed by atoms with Gasteiger partial charge in [0.05, 0.1) is 11.7 Å². The summed E-state index contributed by atoms with van der Waals surface area (Å²) in [5, 5.41) is 6.18. The molecule has 0 aromatic heterocycles. The van der Waals surface area contributed by atoms with Crippen LogP contribution in [0.5, 0.6) is 0 Å². The summed E-state index contributed by atoms with van der Waals surface area (Å²) in [6, 6.07) is 5.65. The Bertz CT molecular complexity index is 416. The molecule has 1 aromatic carbocycles. The van der Waals surface area contributed by atoms with Crippen LogP contribution >= 0.6 is 31.9 Å². The maximum Gasteiger partial charge on any atom is 0.241 e. The molecule has 1 aliphatic rings. The predicted octanol–water partition coefficient (Wildman–Crippen LogP) is 3.15. The summed E-state index contributed by atoms with van der Waals surface area (Å²) in [4.78, 5) is 12.1. The average Bonchev–Trinajstić information content (AvgIpc) is 2.70. The Balaban J connectivity index is 2.13.